The van der Waals surface area contributed by atoms with E-state index >= 15 is 0 Å². The zero-order chi connectivity index (χ0) is 16.1. The van der Waals surface area contributed by atoms with E-state index < -0.39 is 5.91 Å². The molecule has 1 N–H and O–H groups in total. The molecule has 0 saturated carbocycles. The molecule has 0 atom stereocenters. The summed E-state index contributed by atoms with van der Waals surface area (Å²) in [4.78, 5) is 28.2. The second-order valence-corrected chi connectivity index (χ2v) is 4.78. The van der Waals surface area contributed by atoms with Crippen molar-refractivity contribution in [2.45, 2.75) is 19.9 Å². The van der Waals surface area contributed by atoms with Gasteiger partial charge < -0.3 is 19.1 Å². The van der Waals surface area contributed by atoms with Gasteiger partial charge in [0.1, 0.15) is 5.56 Å². The van der Waals surface area contributed by atoms with Crippen LogP contribution in [-0.2, 0) is 24.8 Å². The molecule has 8 heteroatoms. The van der Waals surface area contributed by atoms with Crippen molar-refractivity contribution in [3.05, 3.63) is 45.5 Å². The normalized spacial score (nSPS) is 10.7. The number of carbonyl (C=O) groups excluding carboxylic acids is 1. The molecule has 2 heterocycles. The molecule has 2 rings (SSSR count). The molecule has 1 amide bonds. The molecular weight excluding hydrogens is 288 g/mol. The summed E-state index contributed by atoms with van der Waals surface area (Å²) in [6, 6.07) is 3.22. The number of carbonyl (C=O) groups is 1. The Hall–Kier alpha value is -2.48. The molecule has 0 bridgehead atoms. The van der Waals surface area contributed by atoms with Gasteiger partial charge in [-0.3, -0.25) is 9.59 Å². The molecule has 22 heavy (non-hydrogen) atoms. The Balaban J connectivity index is 2.00. The van der Waals surface area contributed by atoms with Gasteiger partial charge in [-0.1, -0.05) is 5.16 Å². The van der Waals surface area contributed by atoms with Gasteiger partial charge in [0.05, 0.1) is 13.2 Å². The third-order valence-electron chi connectivity index (χ3n) is 3.24. The predicted octanol–water partition coefficient (Wildman–Crippen LogP) is 0.196. The number of rotatable bonds is 6. The maximum absolute atomic E-state index is 12.0. The Morgan fingerprint density at radius 3 is 2.95 bits per heavy atom. The lowest BCUT2D eigenvalue weighted by molar-refractivity contribution is 0.0944. The van der Waals surface area contributed by atoms with Crippen LogP contribution < -0.4 is 10.9 Å². The Morgan fingerprint density at radius 1 is 1.45 bits per heavy atom. The van der Waals surface area contributed by atoms with E-state index in [9.17, 15) is 9.59 Å². The quantitative estimate of drug-likeness (QED) is 0.818. The van der Waals surface area contributed by atoms with Crippen LogP contribution in [0.15, 0.2) is 21.5 Å². The standard InChI is InChI=1S/C14H18N4O4/c1-9-4-5-10(14(20)18(9)2)13(19)15-8-12-16-11(17-22-12)6-7-21-3/h4-5H,6-8H2,1-3H3,(H,15,19). The van der Waals surface area contributed by atoms with Gasteiger partial charge in [0, 0.05) is 26.3 Å². The fraction of sp³-hybridized carbons (Fsp3) is 0.429. The van der Waals surface area contributed by atoms with Crippen molar-refractivity contribution >= 4 is 5.91 Å². The first-order chi connectivity index (χ1) is 10.5. The van der Waals surface area contributed by atoms with Gasteiger partial charge in [0.25, 0.3) is 11.5 Å². The molecule has 2 aromatic rings. The minimum atomic E-state index is -0.475. The molecule has 0 unspecified atom stereocenters. The topological polar surface area (TPSA) is 99.3 Å². The van der Waals surface area contributed by atoms with Gasteiger partial charge >= 0.3 is 0 Å². The fourth-order valence-electron chi connectivity index (χ4n) is 1.81. The minimum Gasteiger partial charge on any atom is -0.384 e. The Kier molecular flexibility index (Phi) is 5.05. The number of amides is 1. The highest BCUT2D eigenvalue weighted by molar-refractivity contribution is 5.93. The first-order valence-corrected chi connectivity index (χ1v) is 6.78. The number of aryl methyl sites for hydroxylation is 1. The maximum Gasteiger partial charge on any atom is 0.263 e. The van der Waals surface area contributed by atoms with E-state index in [2.05, 4.69) is 15.5 Å². The van der Waals surface area contributed by atoms with Crippen molar-refractivity contribution < 1.29 is 14.1 Å². The molecule has 8 nitrogen and oxygen atoms in total. The lowest BCUT2D eigenvalue weighted by atomic mass is 10.2. The summed E-state index contributed by atoms with van der Waals surface area (Å²) in [7, 11) is 3.21. The highest BCUT2D eigenvalue weighted by Crippen LogP contribution is 2.00. The number of ether oxygens (including phenoxy) is 1. The summed E-state index contributed by atoms with van der Waals surface area (Å²) in [5.41, 5.74) is 0.511. The van der Waals surface area contributed by atoms with Crippen LogP contribution in [0, 0.1) is 6.92 Å². The Labute approximate surface area is 127 Å². The van der Waals surface area contributed by atoms with Gasteiger partial charge in [-0.25, -0.2) is 0 Å². The van der Waals surface area contributed by atoms with Crippen molar-refractivity contribution in [1.82, 2.24) is 20.0 Å². The fourth-order valence-corrected chi connectivity index (χ4v) is 1.81. The van der Waals surface area contributed by atoms with Gasteiger partial charge in [-0.15, -0.1) is 0 Å². The smallest absolute Gasteiger partial charge is 0.263 e. The average Bonchev–Trinajstić information content (AvgIpc) is 2.96. The molecule has 0 aliphatic carbocycles. The molecule has 0 aliphatic heterocycles. The molecule has 0 fully saturated rings. The highest BCUT2D eigenvalue weighted by Gasteiger charge is 2.13. The SMILES string of the molecule is COCCc1noc(CNC(=O)c2ccc(C)n(C)c2=O)n1. The first kappa shape index (κ1) is 15.9. The Morgan fingerprint density at radius 2 is 2.23 bits per heavy atom. The van der Waals surface area contributed by atoms with Crippen LogP contribution in [0.2, 0.25) is 0 Å². The van der Waals surface area contributed by atoms with Crippen molar-refractivity contribution in [3.63, 3.8) is 0 Å². The van der Waals surface area contributed by atoms with Gasteiger partial charge in [-0.05, 0) is 19.1 Å². The maximum atomic E-state index is 12.0. The van der Waals surface area contributed by atoms with Crippen LogP contribution in [-0.4, -0.2) is 34.3 Å². The second-order valence-electron chi connectivity index (χ2n) is 4.78. The lowest BCUT2D eigenvalue weighted by Crippen LogP contribution is -2.32. The summed E-state index contributed by atoms with van der Waals surface area (Å²) in [6.07, 6.45) is 0.534. The number of hydrogen-bond acceptors (Lipinski definition) is 6. The molecule has 118 valence electrons. The van der Waals surface area contributed by atoms with E-state index in [0.717, 1.165) is 5.69 Å². The number of nitrogens with zero attached hydrogens (tertiary/aromatic N) is 3. The van der Waals surface area contributed by atoms with Crippen molar-refractivity contribution in [2.75, 3.05) is 13.7 Å². The van der Waals surface area contributed by atoms with Crippen molar-refractivity contribution in [2.24, 2.45) is 7.05 Å². The molecular formula is C14H18N4O4. The number of nitrogens with one attached hydrogen (secondary N) is 1. The summed E-state index contributed by atoms with van der Waals surface area (Å²) in [5.74, 6) is 0.318. The van der Waals surface area contributed by atoms with Gasteiger partial charge in [-0.2, -0.15) is 4.98 Å². The highest BCUT2D eigenvalue weighted by atomic mass is 16.5. The molecule has 2 aromatic heterocycles. The summed E-state index contributed by atoms with van der Waals surface area (Å²) in [5, 5.41) is 6.36. The molecule has 0 aliphatic rings. The number of aromatic nitrogens is 3. The number of pyridine rings is 1. The lowest BCUT2D eigenvalue weighted by Gasteiger charge is -2.06. The van der Waals surface area contributed by atoms with Gasteiger partial charge in [0.2, 0.25) is 5.89 Å². The van der Waals surface area contributed by atoms with Crippen molar-refractivity contribution in [1.29, 1.82) is 0 Å². The van der Waals surface area contributed by atoms with Crippen LogP contribution in [0.5, 0.6) is 0 Å². The van der Waals surface area contributed by atoms with E-state index in [1.165, 1.54) is 10.6 Å². The van der Waals surface area contributed by atoms with Gasteiger partial charge in [0.15, 0.2) is 5.82 Å². The molecule has 0 radical (unpaired) electrons. The zero-order valence-corrected chi connectivity index (χ0v) is 12.8. The zero-order valence-electron chi connectivity index (χ0n) is 12.8. The third-order valence-corrected chi connectivity index (χ3v) is 3.24. The van der Waals surface area contributed by atoms with Crippen LogP contribution in [0.1, 0.15) is 27.8 Å². The summed E-state index contributed by atoms with van der Waals surface area (Å²) >= 11 is 0. The van der Waals surface area contributed by atoms with E-state index in [-0.39, 0.29) is 23.6 Å². The molecule has 0 saturated heterocycles. The second kappa shape index (κ2) is 6.99. The first-order valence-electron chi connectivity index (χ1n) is 6.78. The molecule has 0 spiro atoms. The van der Waals surface area contributed by atoms with Crippen LogP contribution in [0.25, 0.3) is 0 Å². The third kappa shape index (κ3) is 3.59. The Bertz CT molecular complexity index is 720. The van der Waals surface area contributed by atoms with E-state index in [1.54, 1.807) is 27.1 Å². The van der Waals surface area contributed by atoms with Crippen LogP contribution in [0.4, 0.5) is 0 Å². The van der Waals surface area contributed by atoms with Crippen LogP contribution >= 0.6 is 0 Å². The van der Waals surface area contributed by atoms with Crippen molar-refractivity contribution in [3.8, 4) is 0 Å². The largest absolute Gasteiger partial charge is 0.384 e. The summed E-state index contributed by atoms with van der Waals surface area (Å²) in [6.45, 7) is 2.35. The summed E-state index contributed by atoms with van der Waals surface area (Å²) < 4.78 is 11.3. The van der Waals surface area contributed by atoms with E-state index in [0.29, 0.717) is 18.9 Å². The van der Waals surface area contributed by atoms with E-state index in [4.69, 9.17) is 9.26 Å². The monoisotopic (exact) mass is 306 g/mol. The predicted molar refractivity (Wildman–Crippen MR) is 77.5 cm³/mol. The van der Waals surface area contributed by atoms with E-state index in [1.807, 2.05) is 0 Å². The number of methoxy groups -OCH3 is 1. The minimum absolute atomic E-state index is 0.0653. The average molecular weight is 306 g/mol. The molecule has 0 aromatic carbocycles. The number of hydrogen-bond donors (Lipinski definition) is 1. The van der Waals surface area contributed by atoms with Crippen LogP contribution in [0.3, 0.4) is 0 Å².